The maximum Gasteiger partial charge on any atom is 0.451 e. The Kier molecular flexibility index (Phi) is 4.10. The Labute approximate surface area is 124 Å². The van der Waals surface area contributed by atoms with Crippen molar-refractivity contribution in [1.82, 2.24) is 9.97 Å². The van der Waals surface area contributed by atoms with Crippen LogP contribution in [0.15, 0.2) is 41.7 Å². The lowest BCUT2D eigenvalue weighted by molar-refractivity contribution is -0.170. The first-order valence-corrected chi connectivity index (χ1v) is 7.58. The van der Waals surface area contributed by atoms with Gasteiger partial charge in [-0.1, -0.05) is 17.7 Å². The Morgan fingerprint density at radius 2 is 1.82 bits per heavy atom. The van der Waals surface area contributed by atoms with E-state index in [2.05, 4.69) is 9.97 Å². The summed E-state index contributed by atoms with van der Waals surface area (Å²) in [5.74, 6) is -2.36. The molecule has 1 unspecified atom stereocenters. The molecule has 2 rings (SSSR count). The Hall–Kier alpha value is -2.16. The minimum Gasteiger partial charge on any atom is -0.347 e. The monoisotopic (exact) mass is 332 g/mol. The molecule has 1 aromatic carbocycles. The third-order valence-corrected chi connectivity index (χ3v) is 5.00. The number of hydrogen-bond donors (Lipinski definition) is 1. The van der Waals surface area contributed by atoms with Gasteiger partial charge < -0.3 is 4.98 Å². The molecular formula is C13H11F3N2O3S. The van der Waals surface area contributed by atoms with Gasteiger partial charge in [-0.2, -0.15) is 13.2 Å². The molecule has 0 aliphatic heterocycles. The van der Waals surface area contributed by atoms with Crippen LogP contribution >= 0.6 is 0 Å². The van der Waals surface area contributed by atoms with Gasteiger partial charge in [-0.15, -0.1) is 0 Å². The van der Waals surface area contributed by atoms with Crippen LogP contribution in [0.4, 0.5) is 13.2 Å². The van der Waals surface area contributed by atoms with Crippen LogP contribution in [-0.4, -0.2) is 30.3 Å². The second-order valence-electron chi connectivity index (χ2n) is 4.61. The normalized spacial score (nSPS) is 13.8. The number of carbonyl (C=O) groups is 1. The average molecular weight is 332 g/mol. The summed E-state index contributed by atoms with van der Waals surface area (Å²) in [6, 6.07) is 5.21. The minimum atomic E-state index is -5.28. The number of aryl methyl sites for hydroxylation is 1. The van der Waals surface area contributed by atoms with Crippen LogP contribution in [0, 0.1) is 6.92 Å². The van der Waals surface area contributed by atoms with Crippen LogP contribution in [0.2, 0.25) is 0 Å². The van der Waals surface area contributed by atoms with Gasteiger partial charge in [0.1, 0.15) is 0 Å². The van der Waals surface area contributed by atoms with E-state index < -0.39 is 32.7 Å². The van der Waals surface area contributed by atoms with Crippen molar-refractivity contribution in [3.63, 3.8) is 0 Å². The van der Waals surface area contributed by atoms with E-state index in [1.165, 1.54) is 12.1 Å². The topological polar surface area (TPSA) is 79.9 Å². The first-order valence-electron chi connectivity index (χ1n) is 6.04. The third kappa shape index (κ3) is 3.03. The summed E-state index contributed by atoms with van der Waals surface area (Å²) in [4.78, 5) is 17.0. The summed E-state index contributed by atoms with van der Waals surface area (Å²) < 4.78 is 63.2. The number of carbonyl (C=O) groups excluding carboxylic acids is 1. The number of nitrogens with one attached hydrogen (secondary N) is 1. The highest BCUT2D eigenvalue weighted by atomic mass is 32.2. The van der Waals surface area contributed by atoms with Crippen LogP contribution in [0.1, 0.15) is 16.5 Å². The van der Waals surface area contributed by atoms with Crippen molar-refractivity contribution in [2.24, 2.45) is 0 Å². The number of sulfone groups is 1. The van der Waals surface area contributed by atoms with Gasteiger partial charge in [0, 0.05) is 6.20 Å². The van der Waals surface area contributed by atoms with Gasteiger partial charge in [-0.25, -0.2) is 13.4 Å². The molecule has 1 aromatic heterocycles. The fraction of sp³-hybridized carbons (Fsp3) is 0.231. The van der Waals surface area contributed by atoms with E-state index in [9.17, 15) is 26.4 Å². The Morgan fingerprint density at radius 1 is 1.23 bits per heavy atom. The number of aromatic nitrogens is 2. The smallest absolute Gasteiger partial charge is 0.347 e. The Morgan fingerprint density at radius 3 is 2.27 bits per heavy atom. The molecule has 1 heterocycles. The number of H-pyrrole nitrogens is 1. The molecule has 5 nitrogen and oxygen atoms in total. The molecule has 1 atom stereocenters. The predicted octanol–water partition coefficient (Wildman–Crippen LogP) is 2.36. The van der Waals surface area contributed by atoms with Crippen LogP contribution in [0.5, 0.6) is 0 Å². The number of aromatic amines is 1. The molecule has 0 saturated carbocycles. The van der Waals surface area contributed by atoms with Crippen LogP contribution in [0.25, 0.3) is 0 Å². The first-order chi connectivity index (χ1) is 10.1. The lowest BCUT2D eigenvalue weighted by Crippen LogP contribution is -2.34. The zero-order chi connectivity index (χ0) is 16.5. The number of imidazole rings is 1. The van der Waals surface area contributed by atoms with Crippen molar-refractivity contribution in [1.29, 1.82) is 0 Å². The highest BCUT2D eigenvalue weighted by Gasteiger charge is 2.50. The molecule has 0 bridgehead atoms. The zero-order valence-corrected chi connectivity index (χ0v) is 12.1. The lowest BCUT2D eigenvalue weighted by Gasteiger charge is -2.17. The van der Waals surface area contributed by atoms with E-state index in [4.69, 9.17) is 0 Å². The van der Waals surface area contributed by atoms with Crippen molar-refractivity contribution in [2.45, 2.75) is 23.2 Å². The fourth-order valence-electron chi connectivity index (χ4n) is 1.87. The van der Waals surface area contributed by atoms with Gasteiger partial charge in [0.2, 0.25) is 0 Å². The molecule has 9 heteroatoms. The maximum absolute atomic E-state index is 12.8. The van der Waals surface area contributed by atoms with Crippen molar-refractivity contribution in [3.05, 3.63) is 48.0 Å². The summed E-state index contributed by atoms with van der Waals surface area (Å²) in [6.45, 7) is 1.70. The number of halogens is 3. The molecule has 0 radical (unpaired) electrons. The van der Waals surface area contributed by atoms with Crippen molar-refractivity contribution >= 4 is 15.6 Å². The highest BCUT2D eigenvalue weighted by molar-refractivity contribution is 7.92. The second-order valence-corrected chi connectivity index (χ2v) is 6.64. The second kappa shape index (κ2) is 5.56. The van der Waals surface area contributed by atoms with E-state index in [1.54, 1.807) is 6.92 Å². The molecule has 1 N–H and O–H groups in total. The van der Waals surface area contributed by atoms with Crippen molar-refractivity contribution in [2.75, 3.05) is 0 Å². The van der Waals surface area contributed by atoms with E-state index in [1.807, 2.05) is 0 Å². The maximum atomic E-state index is 12.8. The number of alkyl halides is 3. The molecule has 0 saturated heterocycles. The van der Waals surface area contributed by atoms with Crippen molar-refractivity contribution < 1.29 is 26.4 Å². The molecular weight excluding hydrogens is 321 g/mol. The standard InChI is InChI=1S/C13H11F3N2O3S/c1-8-2-4-9(5-3-8)22(20,21)11(10-6-17-7-18-10)12(19)13(14,15)16/h2-7,11H,1H3,(H,17,18). The van der Waals surface area contributed by atoms with E-state index >= 15 is 0 Å². The van der Waals surface area contributed by atoms with Gasteiger partial charge in [0.05, 0.1) is 16.9 Å². The minimum absolute atomic E-state index is 0.365. The van der Waals surface area contributed by atoms with Crippen LogP contribution in [-0.2, 0) is 14.6 Å². The van der Waals surface area contributed by atoms with Gasteiger partial charge in [-0.3, -0.25) is 4.79 Å². The number of ketones is 1. The summed E-state index contributed by atoms with van der Waals surface area (Å²) in [6.07, 6.45) is -3.38. The largest absolute Gasteiger partial charge is 0.451 e. The molecule has 22 heavy (non-hydrogen) atoms. The Bertz CT molecular complexity index is 766. The molecule has 2 aromatic rings. The van der Waals surface area contributed by atoms with E-state index in [-0.39, 0.29) is 4.90 Å². The number of Topliss-reactive ketones (excluding diaryl/α,β-unsaturated/α-hetero) is 1. The van der Waals surface area contributed by atoms with E-state index in [0.29, 0.717) is 0 Å². The molecule has 0 spiro atoms. The number of hydrogen-bond acceptors (Lipinski definition) is 4. The van der Waals surface area contributed by atoms with Crippen molar-refractivity contribution in [3.8, 4) is 0 Å². The predicted molar refractivity (Wildman–Crippen MR) is 70.8 cm³/mol. The highest BCUT2D eigenvalue weighted by Crippen LogP contribution is 2.34. The first kappa shape index (κ1) is 16.2. The molecule has 0 fully saturated rings. The molecule has 0 aliphatic rings. The lowest BCUT2D eigenvalue weighted by atomic mass is 10.2. The average Bonchev–Trinajstić information content (AvgIpc) is 2.91. The quantitative estimate of drug-likeness (QED) is 0.932. The van der Waals surface area contributed by atoms with Gasteiger partial charge in [0.25, 0.3) is 5.78 Å². The fourth-order valence-corrected chi connectivity index (χ4v) is 3.54. The van der Waals surface area contributed by atoms with E-state index in [0.717, 1.165) is 30.2 Å². The summed E-state index contributed by atoms with van der Waals surface area (Å²) in [5.41, 5.74) is 0.307. The van der Waals surface area contributed by atoms with Gasteiger partial charge in [-0.05, 0) is 19.1 Å². The summed E-state index contributed by atoms with van der Waals surface area (Å²) in [5, 5.41) is -2.40. The number of benzene rings is 1. The Balaban J connectivity index is 2.58. The summed E-state index contributed by atoms with van der Waals surface area (Å²) in [7, 11) is -4.56. The molecule has 0 amide bonds. The summed E-state index contributed by atoms with van der Waals surface area (Å²) >= 11 is 0. The third-order valence-electron chi connectivity index (χ3n) is 2.98. The molecule has 118 valence electrons. The van der Waals surface area contributed by atoms with Crippen LogP contribution in [0.3, 0.4) is 0 Å². The number of rotatable bonds is 4. The number of nitrogens with zero attached hydrogens (tertiary/aromatic N) is 1. The van der Waals surface area contributed by atoms with Crippen LogP contribution < -0.4 is 0 Å². The molecule has 0 aliphatic carbocycles. The SMILES string of the molecule is Cc1ccc(S(=O)(=O)C(C(=O)C(F)(F)F)c2cnc[nH]2)cc1. The van der Waals surface area contributed by atoms with Gasteiger partial charge in [0.15, 0.2) is 15.1 Å². The van der Waals surface area contributed by atoms with Gasteiger partial charge >= 0.3 is 6.18 Å². The zero-order valence-electron chi connectivity index (χ0n) is 11.3.